The van der Waals surface area contributed by atoms with Crippen LogP contribution >= 0.6 is 0 Å². The summed E-state index contributed by atoms with van der Waals surface area (Å²) < 4.78 is 5.97. The number of carboxylic acid groups (broad SMARTS) is 1. The van der Waals surface area contributed by atoms with Gasteiger partial charge in [-0.2, -0.15) is 0 Å². The number of carbonyl (C=O) groups is 1. The number of nitrogens with two attached hydrogens (primary N) is 1. The Bertz CT molecular complexity index is 1220. The quantitative estimate of drug-likeness (QED) is 0.443. The van der Waals surface area contributed by atoms with Crippen LogP contribution in [0.1, 0.15) is 27.5 Å². The fourth-order valence-electron chi connectivity index (χ4n) is 3.31. The summed E-state index contributed by atoms with van der Waals surface area (Å²) in [6, 6.07) is 25.7. The van der Waals surface area contributed by atoms with Crippen molar-refractivity contribution in [3.05, 3.63) is 113 Å². The van der Waals surface area contributed by atoms with E-state index < -0.39 is 12.0 Å². The van der Waals surface area contributed by atoms with Gasteiger partial charge in [-0.15, -0.1) is 0 Å². The smallest absolute Gasteiger partial charge is 0.335 e. The average Bonchev–Trinajstić information content (AvgIpc) is 2.82. The number of nitrogens with zero attached hydrogens (tertiary/aromatic N) is 1. The van der Waals surface area contributed by atoms with Crippen LogP contribution in [-0.4, -0.2) is 22.7 Å². The zero-order chi connectivity index (χ0) is 21.6. The zero-order valence-corrected chi connectivity index (χ0v) is 16.8. The predicted octanol–water partition coefficient (Wildman–Crippen LogP) is 5.10. The van der Waals surface area contributed by atoms with Gasteiger partial charge in [-0.05, 0) is 53.1 Å². The van der Waals surface area contributed by atoms with Gasteiger partial charge in [0.15, 0.2) is 0 Å². The van der Waals surface area contributed by atoms with E-state index in [1.165, 1.54) is 0 Å². The Morgan fingerprint density at radius 3 is 2.45 bits per heavy atom. The first-order chi connectivity index (χ1) is 15.1. The Kier molecular flexibility index (Phi) is 6.05. The monoisotopic (exact) mass is 410 g/mol. The van der Waals surface area contributed by atoms with Gasteiger partial charge in [-0.3, -0.25) is 4.98 Å². The topological polar surface area (TPSA) is 85.4 Å². The maximum Gasteiger partial charge on any atom is 0.335 e. The van der Waals surface area contributed by atoms with Crippen LogP contribution in [0, 0.1) is 0 Å². The first-order valence-corrected chi connectivity index (χ1v) is 9.92. The molecule has 0 radical (unpaired) electrons. The molecule has 31 heavy (non-hydrogen) atoms. The average molecular weight is 410 g/mol. The summed E-state index contributed by atoms with van der Waals surface area (Å²) in [5.41, 5.74) is 10.4. The van der Waals surface area contributed by atoms with Crippen LogP contribution in [0.3, 0.4) is 0 Å². The molecule has 0 saturated heterocycles. The molecule has 5 nitrogen and oxygen atoms in total. The highest BCUT2D eigenvalue weighted by atomic mass is 16.5. The molecule has 0 spiro atoms. The van der Waals surface area contributed by atoms with Crippen LogP contribution < -0.4 is 10.5 Å². The molecule has 1 heterocycles. The van der Waals surface area contributed by atoms with Crippen molar-refractivity contribution in [2.24, 2.45) is 5.73 Å². The summed E-state index contributed by atoms with van der Waals surface area (Å²) in [6.45, 7) is 0.290. The molecule has 0 aliphatic rings. The Morgan fingerprint density at radius 2 is 1.71 bits per heavy atom. The van der Waals surface area contributed by atoms with E-state index in [9.17, 15) is 4.79 Å². The van der Waals surface area contributed by atoms with Gasteiger partial charge < -0.3 is 15.6 Å². The summed E-state index contributed by atoms with van der Waals surface area (Å²) in [6.07, 6.45) is 3.73. The largest absolute Gasteiger partial charge is 0.489 e. The van der Waals surface area contributed by atoms with Crippen LogP contribution in [0.5, 0.6) is 5.75 Å². The third kappa shape index (κ3) is 4.97. The van der Waals surface area contributed by atoms with Gasteiger partial charge in [-0.1, -0.05) is 54.6 Å². The van der Waals surface area contributed by atoms with Crippen molar-refractivity contribution < 1.29 is 14.6 Å². The Morgan fingerprint density at radius 1 is 1.00 bits per heavy atom. The number of aromatic carboxylic acids is 1. The predicted molar refractivity (Wildman–Crippen MR) is 122 cm³/mol. The number of para-hydroxylation sites is 2. The second kappa shape index (κ2) is 9.24. The number of ether oxygens (including phenoxy) is 1. The second-order valence-corrected chi connectivity index (χ2v) is 7.19. The van der Waals surface area contributed by atoms with Crippen LogP contribution in [0.4, 0.5) is 0 Å². The highest BCUT2D eigenvalue weighted by Gasteiger charge is 2.15. The minimum atomic E-state index is -0.956. The SMILES string of the molecule is NC(/C(=C/c1ccc(C(=O)O)cc1)COc1ccccc1)c1cnc2ccccc2c1. The van der Waals surface area contributed by atoms with Crippen molar-refractivity contribution in [1.29, 1.82) is 0 Å². The summed E-state index contributed by atoms with van der Waals surface area (Å²) in [4.78, 5) is 15.7. The molecule has 0 amide bonds. The van der Waals surface area contributed by atoms with Crippen molar-refractivity contribution in [3.63, 3.8) is 0 Å². The molecule has 0 bridgehead atoms. The molecule has 4 aromatic rings. The standard InChI is InChI=1S/C26H22N2O3/c27-25(21-15-20-6-4-5-9-24(20)28-16-21)22(17-31-23-7-2-1-3-8-23)14-18-10-12-19(13-11-18)26(29)30/h1-16,25H,17,27H2,(H,29,30)/b22-14+. The first kappa shape index (κ1) is 20.3. The highest BCUT2D eigenvalue weighted by molar-refractivity contribution is 5.87. The molecule has 1 unspecified atom stereocenters. The van der Waals surface area contributed by atoms with Crippen LogP contribution in [0.15, 0.2) is 96.7 Å². The number of hydrogen-bond acceptors (Lipinski definition) is 4. The summed E-state index contributed by atoms with van der Waals surface area (Å²) in [7, 11) is 0. The summed E-state index contributed by atoms with van der Waals surface area (Å²) in [5.74, 6) is -0.208. The van der Waals surface area contributed by atoms with Gasteiger partial charge in [0.2, 0.25) is 0 Å². The van der Waals surface area contributed by atoms with E-state index in [0.717, 1.165) is 33.4 Å². The lowest BCUT2D eigenvalue weighted by atomic mass is 9.97. The van der Waals surface area contributed by atoms with E-state index in [1.54, 1.807) is 30.5 Å². The molecule has 5 heteroatoms. The summed E-state index contributed by atoms with van der Waals surface area (Å²) >= 11 is 0. The first-order valence-electron chi connectivity index (χ1n) is 9.92. The molecule has 0 aliphatic heterocycles. The number of aromatic nitrogens is 1. The highest BCUT2D eigenvalue weighted by Crippen LogP contribution is 2.25. The van der Waals surface area contributed by atoms with Gasteiger partial charge >= 0.3 is 5.97 Å². The van der Waals surface area contributed by atoms with Gasteiger partial charge in [-0.25, -0.2) is 4.79 Å². The van der Waals surface area contributed by atoms with E-state index in [-0.39, 0.29) is 5.56 Å². The lowest BCUT2D eigenvalue weighted by Crippen LogP contribution is -2.18. The molecule has 1 aromatic heterocycles. The number of fused-ring (bicyclic) bond motifs is 1. The lowest BCUT2D eigenvalue weighted by Gasteiger charge is -2.18. The molecule has 1 atom stereocenters. The van der Waals surface area contributed by atoms with Crippen LogP contribution in [0.2, 0.25) is 0 Å². The fraction of sp³-hybridized carbons (Fsp3) is 0.0769. The molecule has 0 saturated carbocycles. The Balaban J connectivity index is 1.66. The summed E-state index contributed by atoms with van der Waals surface area (Å²) in [5, 5.41) is 10.1. The zero-order valence-electron chi connectivity index (χ0n) is 16.8. The van der Waals surface area contributed by atoms with Gasteiger partial charge in [0, 0.05) is 11.6 Å². The normalized spacial score (nSPS) is 12.5. The van der Waals surface area contributed by atoms with E-state index >= 15 is 0 Å². The van der Waals surface area contributed by atoms with Gasteiger partial charge in [0.05, 0.1) is 17.1 Å². The van der Waals surface area contributed by atoms with Gasteiger partial charge in [0.25, 0.3) is 0 Å². The molecule has 0 fully saturated rings. The Labute approximate surface area is 180 Å². The molecular weight excluding hydrogens is 388 g/mol. The third-order valence-corrected chi connectivity index (χ3v) is 5.03. The van der Waals surface area contributed by atoms with E-state index in [2.05, 4.69) is 4.98 Å². The lowest BCUT2D eigenvalue weighted by molar-refractivity contribution is 0.0697. The number of benzene rings is 3. The van der Waals surface area contributed by atoms with Crippen molar-refractivity contribution >= 4 is 22.9 Å². The molecule has 154 valence electrons. The molecular formula is C26H22N2O3. The second-order valence-electron chi connectivity index (χ2n) is 7.19. The van der Waals surface area contributed by atoms with Crippen molar-refractivity contribution in [2.75, 3.05) is 6.61 Å². The van der Waals surface area contributed by atoms with Crippen LogP contribution in [0.25, 0.3) is 17.0 Å². The third-order valence-electron chi connectivity index (χ3n) is 5.03. The molecule has 3 aromatic carbocycles. The maximum atomic E-state index is 11.1. The van der Waals surface area contributed by atoms with E-state index in [0.29, 0.717) is 6.61 Å². The molecule has 0 aliphatic carbocycles. The van der Waals surface area contributed by atoms with E-state index in [1.807, 2.05) is 66.7 Å². The fourth-order valence-corrected chi connectivity index (χ4v) is 3.31. The minimum Gasteiger partial charge on any atom is -0.489 e. The van der Waals surface area contributed by atoms with Gasteiger partial charge in [0.1, 0.15) is 12.4 Å². The molecule has 3 N–H and O–H groups in total. The Hall–Kier alpha value is -3.96. The van der Waals surface area contributed by atoms with Crippen molar-refractivity contribution in [3.8, 4) is 5.75 Å². The minimum absolute atomic E-state index is 0.238. The van der Waals surface area contributed by atoms with E-state index in [4.69, 9.17) is 15.6 Å². The number of pyridine rings is 1. The molecule has 4 rings (SSSR count). The number of hydrogen-bond donors (Lipinski definition) is 2. The van der Waals surface area contributed by atoms with Crippen LogP contribution in [-0.2, 0) is 0 Å². The maximum absolute atomic E-state index is 11.1. The van der Waals surface area contributed by atoms with Crippen molar-refractivity contribution in [2.45, 2.75) is 6.04 Å². The number of carboxylic acids is 1. The van der Waals surface area contributed by atoms with Crippen molar-refractivity contribution in [1.82, 2.24) is 4.98 Å². The number of rotatable bonds is 7.